The highest BCUT2D eigenvalue weighted by Gasteiger charge is 2.21. The minimum absolute atomic E-state index is 0.0598. The van der Waals surface area contributed by atoms with Gasteiger partial charge in [0.05, 0.1) is 11.6 Å². The lowest BCUT2D eigenvalue weighted by atomic mass is 9.99. The number of piperidine rings is 1. The molecular weight excluding hydrogens is 282 g/mol. The standard InChI is InChI=1S/C16H19N3OS/c1-11-5-2-3-7-13(11)14-10-21-16(18-14)19-15(20)12-6-4-8-17-9-12/h2-3,5,7,10,12,17H,4,6,8-9H2,1H3,(H,18,19,20). The van der Waals surface area contributed by atoms with Crippen molar-refractivity contribution in [3.05, 3.63) is 35.2 Å². The lowest BCUT2D eigenvalue weighted by molar-refractivity contribution is -0.120. The van der Waals surface area contributed by atoms with Crippen LogP contribution < -0.4 is 10.6 Å². The SMILES string of the molecule is Cc1ccccc1-c1csc(NC(=O)C2CCCNC2)n1. The maximum absolute atomic E-state index is 12.2. The molecule has 110 valence electrons. The first-order valence-corrected chi connectivity index (χ1v) is 8.15. The molecule has 1 atom stereocenters. The van der Waals surface area contributed by atoms with E-state index in [-0.39, 0.29) is 11.8 Å². The number of benzene rings is 1. The van der Waals surface area contributed by atoms with Crippen molar-refractivity contribution in [3.8, 4) is 11.3 Å². The Morgan fingerprint density at radius 1 is 1.43 bits per heavy atom. The Morgan fingerprint density at radius 2 is 2.29 bits per heavy atom. The number of anilines is 1. The Hall–Kier alpha value is -1.72. The summed E-state index contributed by atoms with van der Waals surface area (Å²) in [4.78, 5) is 16.7. The topological polar surface area (TPSA) is 54.0 Å². The number of aryl methyl sites for hydroxylation is 1. The first-order chi connectivity index (χ1) is 10.2. The summed E-state index contributed by atoms with van der Waals surface area (Å²) >= 11 is 1.48. The molecular formula is C16H19N3OS. The zero-order chi connectivity index (χ0) is 14.7. The molecule has 2 N–H and O–H groups in total. The van der Waals surface area contributed by atoms with E-state index in [1.54, 1.807) is 0 Å². The molecule has 21 heavy (non-hydrogen) atoms. The molecule has 4 nitrogen and oxygen atoms in total. The van der Waals surface area contributed by atoms with Crippen LogP contribution in [-0.2, 0) is 4.79 Å². The van der Waals surface area contributed by atoms with Crippen LogP contribution in [0.25, 0.3) is 11.3 Å². The highest BCUT2D eigenvalue weighted by Crippen LogP contribution is 2.27. The molecule has 1 amide bonds. The zero-order valence-corrected chi connectivity index (χ0v) is 12.9. The number of amides is 1. The van der Waals surface area contributed by atoms with E-state index in [4.69, 9.17) is 0 Å². The Morgan fingerprint density at radius 3 is 3.05 bits per heavy atom. The second-order valence-electron chi connectivity index (χ2n) is 5.39. The van der Waals surface area contributed by atoms with Gasteiger partial charge in [0, 0.05) is 17.5 Å². The third-order valence-corrected chi connectivity index (χ3v) is 4.58. The van der Waals surface area contributed by atoms with E-state index >= 15 is 0 Å². The van der Waals surface area contributed by atoms with Crippen LogP contribution in [0.2, 0.25) is 0 Å². The first kappa shape index (κ1) is 14.2. The van der Waals surface area contributed by atoms with Crippen molar-refractivity contribution >= 4 is 22.4 Å². The number of rotatable bonds is 3. The van der Waals surface area contributed by atoms with Gasteiger partial charge in [0.15, 0.2) is 5.13 Å². The van der Waals surface area contributed by atoms with Crippen LogP contribution in [0.5, 0.6) is 0 Å². The van der Waals surface area contributed by atoms with Crippen LogP contribution in [0.15, 0.2) is 29.6 Å². The predicted octanol–water partition coefficient (Wildman–Crippen LogP) is 3.06. The van der Waals surface area contributed by atoms with Crippen LogP contribution in [0.1, 0.15) is 18.4 Å². The van der Waals surface area contributed by atoms with Crippen LogP contribution in [0.4, 0.5) is 5.13 Å². The molecule has 1 saturated heterocycles. The lowest BCUT2D eigenvalue weighted by Crippen LogP contribution is -2.37. The van der Waals surface area contributed by atoms with Gasteiger partial charge >= 0.3 is 0 Å². The van der Waals surface area contributed by atoms with Gasteiger partial charge in [-0.15, -0.1) is 11.3 Å². The molecule has 0 saturated carbocycles. The Labute approximate surface area is 128 Å². The Balaban J connectivity index is 1.70. The van der Waals surface area contributed by atoms with E-state index in [0.717, 1.165) is 37.2 Å². The third kappa shape index (κ3) is 3.31. The lowest BCUT2D eigenvalue weighted by Gasteiger charge is -2.21. The highest BCUT2D eigenvalue weighted by molar-refractivity contribution is 7.14. The highest BCUT2D eigenvalue weighted by atomic mass is 32.1. The fraction of sp³-hybridized carbons (Fsp3) is 0.375. The molecule has 0 spiro atoms. The van der Waals surface area contributed by atoms with Gasteiger partial charge in [-0.25, -0.2) is 4.98 Å². The maximum Gasteiger partial charge on any atom is 0.230 e. The van der Waals surface area contributed by atoms with Crippen molar-refractivity contribution in [3.63, 3.8) is 0 Å². The van der Waals surface area contributed by atoms with Crippen molar-refractivity contribution in [2.24, 2.45) is 5.92 Å². The molecule has 1 unspecified atom stereocenters. The minimum atomic E-state index is 0.0598. The molecule has 1 fully saturated rings. The van der Waals surface area contributed by atoms with E-state index in [2.05, 4.69) is 34.7 Å². The second kappa shape index (κ2) is 6.37. The van der Waals surface area contributed by atoms with Gasteiger partial charge in [-0.1, -0.05) is 24.3 Å². The summed E-state index contributed by atoms with van der Waals surface area (Å²) < 4.78 is 0. The van der Waals surface area contributed by atoms with E-state index in [1.807, 2.05) is 17.5 Å². The number of hydrogen-bond donors (Lipinski definition) is 2. The molecule has 0 aliphatic carbocycles. The molecule has 2 aromatic rings. The summed E-state index contributed by atoms with van der Waals surface area (Å²) in [5, 5.41) is 8.89. The van der Waals surface area contributed by atoms with Crippen molar-refractivity contribution in [2.45, 2.75) is 19.8 Å². The molecule has 3 rings (SSSR count). The van der Waals surface area contributed by atoms with Crippen molar-refractivity contribution < 1.29 is 4.79 Å². The number of carbonyl (C=O) groups excluding carboxylic acids is 1. The molecule has 1 aliphatic heterocycles. The summed E-state index contributed by atoms with van der Waals surface area (Å²) in [5.74, 6) is 0.137. The van der Waals surface area contributed by atoms with Gasteiger partial charge in [-0.3, -0.25) is 4.79 Å². The number of aromatic nitrogens is 1. The van der Waals surface area contributed by atoms with Crippen LogP contribution in [0.3, 0.4) is 0 Å². The average molecular weight is 301 g/mol. The third-order valence-electron chi connectivity index (χ3n) is 3.82. The summed E-state index contributed by atoms with van der Waals surface area (Å²) in [6, 6.07) is 8.15. The first-order valence-electron chi connectivity index (χ1n) is 7.27. The van der Waals surface area contributed by atoms with Gasteiger partial charge in [-0.05, 0) is 31.9 Å². The second-order valence-corrected chi connectivity index (χ2v) is 6.24. The van der Waals surface area contributed by atoms with Gasteiger partial charge in [0.2, 0.25) is 5.91 Å². The monoisotopic (exact) mass is 301 g/mol. The van der Waals surface area contributed by atoms with E-state index in [1.165, 1.54) is 16.9 Å². The molecule has 1 aromatic heterocycles. The molecule has 0 bridgehead atoms. The van der Waals surface area contributed by atoms with E-state index in [0.29, 0.717) is 5.13 Å². The van der Waals surface area contributed by atoms with Crippen molar-refractivity contribution in [1.82, 2.24) is 10.3 Å². The van der Waals surface area contributed by atoms with Crippen LogP contribution in [0, 0.1) is 12.8 Å². The molecule has 1 aromatic carbocycles. The number of nitrogens with zero attached hydrogens (tertiary/aromatic N) is 1. The largest absolute Gasteiger partial charge is 0.316 e. The maximum atomic E-state index is 12.2. The van der Waals surface area contributed by atoms with Crippen LogP contribution >= 0.6 is 11.3 Å². The minimum Gasteiger partial charge on any atom is -0.316 e. The fourth-order valence-corrected chi connectivity index (χ4v) is 3.31. The van der Waals surface area contributed by atoms with Gasteiger partial charge in [0.1, 0.15) is 0 Å². The summed E-state index contributed by atoms with van der Waals surface area (Å²) in [6.07, 6.45) is 2.01. The smallest absolute Gasteiger partial charge is 0.230 e. The van der Waals surface area contributed by atoms with Crippen LogP contribution in [-0.4, -0.2) is 24.0 Å². The average Bonchev–Trinajstić information content (AvgIpc) is 2.97. The summed E-state index contributed by atoms with van der Waals surface area (Å²) in [5.41, 5.74) is 3.24. The molecule has 1 aliphatic rings. The molecule has 5 heteroatoms. The number of carbonyl (C=O) groups is 1. The number of hydrogen-bond acceptors (Lipinski definition) is 4. The summed E-state index contributed by atoms with van der Waals surface area (Å²) in [6.45, 7) is 3.85. The Kier molecular flexibility index (Phi) is 4.31. The Bertz CT molecular complexity index is 632. The quantitative estimate of drug-likeness (QED) is 0.916. The fourth-order valence-electron chi connectivity index (χ4n) is 2.60. The van der Waals surface area contributed by atoms with Crippen molar-refractivity contribution in [1.29, 1.82) is 0 Å². The van der Waals surface area contributed by atoms with Crippen molar-refractivity contribution in [2.75, 3.05) is 18.4 Å². The molecule has 0 radical (unpaired) electrons. The molecule has 2 heterocycles. The summed E-state index contributed by atoms with van der Waals surface area (Å²) in [7, 11) is 0. The van der Waals surface area contributed by atoms with Gasteiger partial charge in [-0.2, -0.15) is 0 Å². The number of thiazole rings is 1. The predicted molar refractivity (Wildman–Crippen MR) is 86.5 cm³/mol. The van der Waals surface area contributed by atoms with E-state index < -0.39 is 0 Å². The van der Waals surface area contributed by atoms with Gasteiger partial charge < -0.3 is 10.6 Å². The van der Waals surface area contributed by atoms with Gasteiger partial charge in [0.25, 0.3) is 0 Å². The number of nitrogens with one attached hydrogen (secondary N) is 2. The zero-order valence-electron chi connectivity index (χ0n) is 12.1. The normalized spacial score (nSPS) is 18.4. The van der Waals surface area contributed by atoms with E-state index in [9.17, 15) is 4.79 Å².